The van der Waals surface area contributed by atoms with Crippen molar-refractivity contribution in [2.45, 2.75) is 45.1 Å². The zero-order valence-corrected chi connectivity index (χ0v) is 9.39. The number of nitrogens with zero attached hydrogens (tertiary/aromatic N) is 2. The summed E-state index contributed by atoms with van der Waals surface area (Å²) in [6.45, 7) is 2.29. The number of hydrogen-bond donors (Lipinski definition) is 1. The highest BCUT2D eigenvalue weighted by atomic mass is 32.1. The molecule has 0 bridgehead atoms. The highest BCUT2D eigenvalue weighted by Gasteiger charge is 2.21. The molecule has 2 rings (SSSR count). The highest BCUT2D eigenvalue weighted by molar-refractivity contribution is 7.71. The van der Waals surface area contributed by atoms with Crippen LogP contribution in [0, 0.1) is 10.7 Å². The van der Waals surface area contributed by atoms with Gasteiger partial charge in [-0.3, -0.25) is 5.10 Å². The molecule has 14 heavy (non-hydrogen) atoms. The Morgan fingerprint density at radius 1 is 1.50 bits per heavy atom. The first kappa shape index (κ1) is 9.90. The van der Waals surface area contributed by atoms with Crippen molar-refractivity contribution in [3.8, 4) is 0 Å². The Morgan fingerprint density at radius 3 is 2.71 bits per heavy atom. The largest absolute Gasteiger partial charge is 0.304 e. The van der Waals surface area contributed by atoms with Crippen molar-refractivity contribution in [2.75, 3.05) is 0 Å². The van der Waals surface area contributed by atoms with E-state index in [2.05, 4.69) is 21.7 Å². The highest BCUT2D eigenvalue weighted by Crippen LogP contribution is 2.33. The summed E-state index contributed by atoms with van der Waals surface area (Å²) in [5.74, 6) is 0.937. The van der Waals surface area contributed by atoms with Crippen molar-refractivity contribution in [2.24, 2.45) is 5.92 Å². The van der Waals surface area contributed by atoms with Gasteiger partial charge < -0.3 is 4.57 Å². The van der Waals surface area contributed by atoms with E-state index in [1.165, 1.54) is 32.1 Å². The maximum Gasteiger partial charge on any atom is 0.195 e. The van der Waals surface area contributed by atoms with Crippen LogP contribution in [0.2, 0.25) is 0 Å². The fourth-order valence-corrected chi connectivity index (χ4v) is 2.60. The molecule has 1 aliphatic rings. The summed E-state index contributed by atoms with van der Waals surface area (Å²) in [4.78, 5) is 0. The molecule has 1 heterocycles. The topological polar surface area (TPSA) is 33.6 Å². The van der Waals surface area contributed by atoms with Crippen molar-refractivity contribution in [1.82, 2.24) is 14.8 Å². The average Bonchev–Trinajstić information content (AvgIpc) is 2.65. The monoisotopic (exact) mass is 211 g/mol. The molecule has 0 atom stereocenters. The summed E-state index contributed by atoms with van der Waals surface area (Å²) in [7, 11) is 0. The van der Waals surface area contributed by atoms with Gasteiger partial charge in [0.1, 0.15) is 6.33 Å². The second-order valence-corrected chi connectivity index (χ2v) is 4.54. The predicted molar refractivity (Wildman–Crippen MR) is 58.7 cm³/mol. The van der Waals surface area contributed by atoms with Gasteiger partial charge in [-0.2, -0.15) is 5.10 Å². The molecule has 1 aliphatic carbocycles. The Morgan fingerprint density at radius 2 is 2.21 bits per heavy atom. The van der Waals surface area contributed by atoms with E-state index in [1.807, 2.05) is 6.33 Å². The Balaban J connectivity index is 2.02. The molecular formula is C10H17N3S. The van der Waals surface area contributed by atoms with Crippen molar-refractivity contribution >= 4 is 12.2 Å². The van der Waals surface area contributed by atoms with Crippen molar-refractivity contribution in [3.63, 3.8) is 0 Å². The lowest BCUT2D eigenvalue weighted by molar-refractivity contribution is 0.268. The standard InChI is InChI=1S/C10H17N3S/c1-2-8-3-5-9(6-4-8)13-7-11-12-10(13)14/h7-9H,2-6H2,1H3,(H,12,14). The minimum absolute atomic E-state index is 0.587. The Kier molecular flexibility index (Phi) is 3.01. The SMILES string of the molecule is CCC1CCC(n2cn[nH]c2=S)CC1. The second-order valence-electron chi connectivity index (χ2n) is 4.15. The minimum Gasteiger partial charge on any atom is -0.304 e. The summed E-state index contributed by atoms with van der Waals surface area (Å²) in [5.41, 5.74) is 0. The van der Waals surface area contributed by atoms with Crippen LogP contribution in [0.3, 0.4) is 0 Å². The second kappa shape index (κ2) is 4.26. The fourth-order valence-electron chi connectivity index (χ4n) is 2.35. The van der Waals surface area contributed by atoms with Crippen LogP contribution in [0.1, 0.15) is 45.1 Å². The van der Waals surface area contributed by atoms with Gasteiger partial charge in [0.25, 0.3) is 0 Å². The Bertz CT molecular complexity index is 333. The van der Waals surface area contributed by atoms with Crippen LogP contribution >= 0.6 is 12.2 Å². The molecule has 0 spiro atoms. The van der Waals surface area contributed by atoms with Gasteiger partial charge in [0.05, 0.1) is 0 Å². The van der Waals surface area contributed by atoms with Crippen molar-refractivity contribution in [3.05, 3.63) is 11.1 Å². The molecule has 0 radical (unpaired) electrons. The van der Waals surface area contributed by atoms with Crippen LogP contribution in [0.4, 0.5) is 0 Å². The molecule has 1 aromatic heterocycles. The van der Waals surface area contributed by atoms with Crippen LogP contribution in [0.5, 0.6) is 0 Å². The third-order valence-electron chi connectivity index (χ3n) is 3.36. The number of aromatic amines is 1. The number of nitrogens with one attached hydrogen (secondary N) is 1. The molecule has 0 aliphatic heterocycles. The summed E-state index contributed by atoms with van der Waals surface area (Å²) in [6.07, 6.45) is 8.35. The maximum absolute atomic E-state index is 5.17. The zero-order valence-electron chi connectivity index (χ0n) is 8.57. The number of H-pyrrole nitrogens is 1. The molecule has 1 saturated carbocycles. The van der Waals surface area contributed by atoms with Crippen LogP contribution in [0.15, 0.2) is 6.33 Å². The first-order valence-corrected chi connectivity index (χ1v) is 5.83. The summed E-state index contributed by atoms with van der Waals surface area (Å²) < 4.78 is 2.88. The van der Waals surface area contributed by atoms with Gasteiger partial charge in [-0.15, -0.1) is 0 Å². The summed E-state index contributed by atoms with van der Waals surface area (Å²) in [5, 5.41) is 6.79. The maximum atomic E-state index is 5.17. The van der Waals surface area contributed by atoms with E-state index in [9.17, 15) is 0 Å². The fraction of sp³-hybridized carbons (Fsp3) is 0.800. The molecule has 0 amide bonds. The molecule has 1 fully saturated rings. The van der Waals surface area contributed by atoms with E-state index in [0.29, 0.717) is 6.04 Å². The molecule has 0 saturated heterocycles. The van der Waals surface area contributed by atoms with E-state index >= 15 is 0 Å². The lowest BCUT2D eigenvalue weighted by Crippen LogP contribution is -2.17. The van der Waals surface area contributed by atoms with E-state index in [1.54, 1.807) is 0 Å². The lowest BCUT2D eigenvalue weighted by Gasteiger charge is -2.28. The Labute approximate surface area is 89.5 Å². The van der Waals surface area contributed by atoms with Gasteiger partial charge in [0.2, 0.25) is 0 Å². The van der Waals surface area contributed by atoms with Crippen LogP contribution in [-0.2, 0) is 0 Å². The van der Waals surface area contributed by atoms with E-state index in [0.717, 1.165) is 10.7 Å². The van der Waals surface area contributed by atoms with Crippen LogP contribution in [-0.4, -0.2) is 14.8 Å². The average molecular weight is 211 g/mol. The van der Waals surface area contributed by atoms with Crippen LogP contribution in [0.25, 0.3) is 0 Å². The van der Waals surface area contributed by atoms with Crippen molar-refractivity contribution in [1.29, 1.82) is 0 Å². The molecule has 4 heteroatoms. The molecule has 1 aromatic rings. The molecule has 3 nitrogen and oxygen atoms in total. The first-order chi connectivity index (χ1) is 6.81. The minimum atomic E-state index is 0.587. The molecule has 1 N–H and O–H groups in total. The predicted octanol–water partition coefficient (Wildman–Crippen LogP) is 3.08. The third-order valence-corrected chi connectivity index (χ3v) is 3.67. The number of aromatic nitrogens is 3. The van der Waals surface area contributed by atoms with E-state index < -0.39 is 0 Å². The van der Waals surface area contributed by atoms with Gasteiger partial charge in [0.15, 0.2) is 4.77 Å². The number of rotatable bonds is 2. The summed E-state index contributed by atoms with van der Waals surface area (Å²) >= 11 is 5.17. The Hall–Kier alpha value is -0.640. The quantitative estimate of drug-likeness (QED) is 0.763. The molecule has 0 unspecified atom stereocenters. The zero-order chi connectivity index (χ0) is 9.97. The van der Waals surface area contributed by atoms with Crippen molar-refractivity contribution < 1.29 is 0 Å². The van der Waals surface area contributed by atoms with Gasteiger partial charge in [-0.1, -0.05) is 13.3 Å². The summed E-state index contributed by atoms with van der Waals surface area (Å²) in [6, 6.07) is 0.587. The molecule has 78 valence electrons. The van der Waals surface area contributed by atoms with Gasteiger partial charge in [-0.05, 0) is 43.8 Å². The van der Waals surface area contributed by atoms with Crippen LogP contribution < -0.4 is 0 Å². The first-order valence-electron chi connectivity index (χ1n) is 5.42. The van der Waals surface area contributed by atoms with Gasteiger partial charge in [0, 0.05) is 6.04 Å². The molecular weight excluding hydrogens is 194 g/mol. The van der Waals surface area contributed by atoms with E-state index in [4.69, 9.17) is 12.2 Å². The molecule has 0 aromatic carbocycles. The van der Waals surface area contributed by atoms with E-state index in [-0.39, 0.29) is 0 Å². The smallest absolute Gasteiger partial charge is 0.195 e. The van der Waals surface area contributed by atoms with Gasteiger partial charge in [-0.25, -0.2) is 0 Å². The number of hydrogen-bond acceptors (Lipinski definition) is 2. The normalized spacial score (nSPS) is 27.8. The lowest BCUT2D eigenvalue weighted by atomic mass is 9.84. The van der Waals surface area contributed by atoms with Gasteiger partial charge >= 0.3 is 0 Å². The third kappa shape index (κ3) is 1.90.